The second kappa shape index (κ2) is 12.3. The molecule has 8 aromatic rings. The number of hydrogen-bond donors (Lipinski definition) is 0. The second-order valence-corrected chi connectivity index (χ2v) is 12.8. The van der Waals surface area contributed by atoms with Gasteiger partial charge in [0.1, 0.15) is 0 Å². The van der Waals surface area contributed by atoms with Gasteiger partial charge in [0.2, 0.25) is 0 Å². The van der Waals surface area contributed by atoms with Gasteiger partial charge in [-0.15, -0.1) is 0 Å². The van der Waals surface area contributed by atoms with Crippen LogP contribution in [0.3, 0.4) is 0 Å². The SMILES string of the molecule is N#Cc1cc(-n2c3ccc(C(F)(F)F)cc3c3cc(C(F)(F)F)ccc32)c(-c2ccncc2)c(-n2c3ccc(C(F)(F)F)cc3c3cc(C(F)(F)F)ccc32)c1. The minimum atomic E-state index is -4.88. The van der Waals surface area contributed by atoms with Gasteiger partial charge in [0.05, 0.1) is 67.3 Å². The molecule has 3 heterocycles. The minimum Gasteiger partial charge on any atom is -0.308 e. The molecule has 4 nitrogen and oxygen atoms in total. The Hall–Kier alpha value is -6.50. The van der Waals surface area contributed by atoms with Gasteiger partial charge < -0.3 is 9.13 Å². The Morgan fingerprint density at radius 1 is 0.429 bits per heavy atom. The number of aromatic nitrogens is 3. The highest BCUT2D eigenvalue weighted by atomic mass is 19.4. The molecule has 0 atom stereocenters. The number of nitriles is 1. The smallest absolute Gasteiger partial charge is 0.308 e. The molecule has 0 aliphatic rings. The van der Waals surface area contributed by atoms with Gasteiger partial charge in [0.25, 0.3) is 0 Å². The lowest BCUT2D eigenvalue weighted by Crippen LogP contribution is -2.07. The predicted molar refractivity (Wildman–Crippen MR) is 183 cm³/mol. The van der Waals surface area contributed by atoms with Crippen molar-refractivity contribution in [1.29, 1.82) is 5.26 Å². The number of fused-ring (bicyclic) bond motifs is 6. The molecule has 0 aliphatic heterocycles. The summed E-state index contributed by atoms with van der Waals surface area (Å²) in [4.78, 5) is 4.03. The summed E-state index contributed by atoms with van der Waals surface area (Å²) in [5.41, 5.74) is -4.17. The van der Waals surface area contributed by atoms with E-state index in [1.54, 1.807) is 0 Å². The maximum atomic E-state index is 14.0. The molecule has 0 fully saturated rings. The molecule has 0 unspecified atom stereocenters. The summed E-state index contributed by atoms with van der Waals surface area (Å²) in [6, 6.07) is 17.7. The summed E-state index contributed by atoms with van der Waals surface area (Å²) >= 11 is 0. The van der Waals surface area contributed by atoms with Crippen LogP contribution in [0.5, 0.6) is 0 Å². The summed E-state index contributed by atoms with van der Waals surface area (Å²) in [6.45, 7) is 0. The van der Waals surface area contributed by atoms with Crippen LogP contribution in [0.4, 0.5) is 52.7 Å². The topological polar surface area (TPSA) is 46.5 Å². The Bertz CT molecular complexity index is 2610. The van der Waals surface area contributed by atoms with Crippen molar-refractivity contribution >= 4 is 43.6 Å². The first kappa shape index (κ1) is 36.5. The molecule has 16 heteroatoms. The standard InChI is InChI=1S/C40H18F12N4/c41-37(42,43)22-1-5-30-26(15-22)27-16-23(38(44,45)46)2-6-31(27)55(30)34-13-20(19-53)14-35(36(34)21-9-11-54-12-10-21)56-32-7-3-24(39(47,48)49)17-28(32)29-18-25(40(50,51)52)4-8-33(29)56/h1-18H. The van der Waals surface area contributed by atoms with Gasteiger partial charge in [-0.1, -0.05) is 0 Å². The number of alkyl halides is 12. The number of rotatable bonds is 3. The van der Waals surface area contributed by atoms with Gasteiger partial charge in [-0.2, -0.15) is 57.9 Å². The van der Waals surface area contributed by atoms with Crippen molar-refractivity contribution in [3.05, 3.63) is 137 Å². The Morgan fingerprint density at radius 2 is 0.732 bits per heavy atom. The molecule has 0 saturated heterocycles. The van der Waals surface area contributed by atoms with Crippen LogP contribution in [-0.2, 0) is 24.7 Å². The van der Waals surface area contributed by atoms with E-state index in [9.17, 15) is 57.9 Å². The van der Waals surface area contributed by atoms with E-state index >= 15 is 0 Å². The van der Waals surface area contributed by atoms with Crippen LogP contribution < -0.4 is 0 Å². The van der Waals surface area contributed by atoms with Crippen LogP contribution in [0.1, 0.15) is 27.8 Å². The monoisotopic (exact) mass is 782 g/mol. The van der Waals surface area contributed by atoms with Crippen LogP contribution >= 0.6 is 0 Å². The van der Waals surface area contributed by atoms with Crippen molar-refractivity contribution in [2.75, 3.05) is 0 Å². The fourth-order valence-electron chi connectivity index (χ4n) is 7.11. The van der Waals surface area contributed by atoms with Crippen molar-refractivity contribution in [1.82, 2.24) is 14.1 Å². The molecule has 0 bridgehead atoms. The molecule has 0 radical (unpaired) electrons. The molecule has 0 N–H and O–H groups in total. The molecular formula is C40H18F12N4. The van der Waals surface area contributed by atoms with E-state index in [0.717, 1.165) is 48.5 Å². The molecule has 0 spiro atoms. The lowest BCUT2D eigenvalue weighted by Gasteiger charge is -2.21. The summed E-state index contributed by atoms with van der Waals surface area (Å²) in [7, 11) is 0. The Labute approximate surface area is 306 Å². The Balaban J connectivity index is 1.56. The molecule has 0 amide bonds. The number of pyridine rings is 1. The quantitative estimate of drug-likeness (QED) is 0.168. The molecule has 8 rings (SSSR count). The van der Waals surface area contributed by atoms with Gasteiger partial charge in [-0.25, -0.2) is 0 Å². The highest BCUT2D eigenvalue weighted by Gasteiger charge is 2.36. The number of benzene rings is 5. The summed E-state index contributed by atoms with van der Waals surface area (Å²) in [5, 5.41) is 9.44. The lowest BCUT2D eigenvalue weighted by molar-refractivity contribution is -0.138. The fourth-order valence-corrected chi connectivity index (χ4v) is 7.11. The third kappa shape index (κ3) is 5.94. The summed E-state index contributed by atoms with van der Waals surface area (Å²) in [5.74, 6) is 0. The zero-order valence-electron chi connectivity index (χ0n) is 27.7. The third-order valence-corrected chi connectivity index (χ3v) is 9.52. The average molecular weight is 783 g/mol. The number of halogens is 12. The maximum Gasteiger partial charge on any atom is 0.416 e. The van der Waals surface area contributed by atoms with E-state index in [0.29, 0.717) is 29.8 Å². The first-order valence-electron chi connectivity index (χ1n) is 16.2. The van der Waals surface area contributed by atoms with Crippen LogP contribution in [0.15, 0.2) is 109 Å². The predicted octanol–water partition coefficient (Wildman–Crippen LogP) is 12.9. The van der Waals surface area contributed by atoms with Gasteiger partial charge >= 0.3 is 24.7 Å². The van der Waals surface area contributed by atoms with Crippen molar-refractivity contribution in [3.8, 4) is 28.6 Å². The van der Waals surface area contributed by atoms with Crippen LogP contribution in [0.2, 0.25) is 0 Å². The second-order valence-electron chi connectivity index (χ2n) is 12.8. The molecule has 3 aromatic heterocycles. The van der Waals surface area contributed by atoms with Crippen molar-refractivity contribution in [3.63, 3.8) is 0 Å². The molecule has 5 aromatic carbocycles. The minimum absolute atomic E-state index is 0.00414. The van der Waals surface area contributed by atoms with E-state index in [4.69, 9.17) is 0 Å². The first-order valence-corrected chi connectivity index (χ1v) is 16.2. The van der Waals surface area contributed by atoms with E-state index in [1.807, 2.05) is 6.07 Å². The molecular weight excluding hydrogens is 764 g/mol. The molecule has 56 heavy (non-hydrogen) atoms. The fraction of sp³-hybridized carbons (Fsp3) is 0.100. The van der Waals surface area contributed by atoms with Crippen LogP contribution in [0, 0.1) is 11.3 Å². The summed E-state index contributed by atoms with van der Waals surface area (Å²) in [6.07, 6.45) is -16.8. The summed E-state index contributed by atoms with van der Waals surface area (Å²) < 4.78 is 171. The van der Waals surface area contributed by atoms with Crippen molar-refractivity contribution in [2.24, 2.45) is 0 Å². The average Bonchev–Trinajstić information content (AvgIpc) is 3.64. The molecule has 0 aliphatic carbocycles. The number of hydrogen-bond acceptors (Lipinski definition) is 2. The van der Waals surface area contributed by atoms with Crippen LogP contribution in [0.25, 0.3) is 66.1 Å². The van der Waals surface area contributed by atoms with E-state index in [1.165, 1.54) is 45.8 Å². The highest BCUT2D eigenvalue weighted by Crippen LogP contribution is 2.46. The van der Waals surface area contributed by atoms with Gasteiger partial charge in [-0.3, -0.25) is 4.98 Å². The largest absolute Gasteiger partial charge is 0.416 e. The van der Waals surface area contributed by atoms with E-state index < -0.39 is 47.0 Å². The van der Waals surface area contributed by atoms with Crippen LogP contribution in [-0.4, -0.2) is 14.1 Å². The van der Waals surface area contributed by atoms with Gasteiger partial charge in [0, 0.05) is 39.5 Å². The number of nitrogens with zero attached hydrogens (tertiary/aromatic N) is 4. The lowest BCUT2D eigenvalue weighted by atomic mass is 9.98. The van der Waals surface area contributed by atoms with E-state index in [2.05, 4.69) is 4.98 Å². The van der Waals surface area contributed by atoms with Gasteiger partial charge in [-0.05, 0) is 103 Å². The highest BCUT2D eigenvalue weighted by molar-refractivity contribution is 6.12. The Kier molecular flexibility index (Phi) is 7.98. The molecule has 0 saturated carbocycles. The Morgan fingerprint density at radius 3 is 1.00 bits per heavy atom. The maximum absolute atomic E-state index is 14.0. The first-order chi connectivity index (χ1) is 26.3. The molecule has 282 valence electrons. The van der Waals surface area contributed by atoms with Crippen molar-refractivity contribution < 1.29 is 52.7 Å². The zero-order chi connectivity index (χ0) is 40.1. The van der Waals surface area contributed by atoms with Crippen molar-refractivity contribution in [2.45, 2.75) is 24.7 Å². The zero-order valence-corrected chi connectivity index (χ0v) is 27.7. The van der Waals surface area contributed by atoms with E-state index in [-0.39, 0.29) is 66.1 Å². The third-order valence-electron chi connectivity index (χ3n) is 9.52. The normalized spacial score (nSPS) is 13.0. The van der Waals surface area contributed by atoms with Gasteiger partial charge in [0.15, 0.2) is 0 Å².